The standard InChI is InChI=1S/C19H27FN2O2/c20-17-10-5-4-7-15(17)13-22-12-6-11-19(24,18(22)23)14-21-16-8-2-1-3-9-16/h4-5,7,10,16,21,24H,1-3,6,8-9,11-14H2/t19-/m0/s1. The van der Waals surface area contributed by atoms with Crippen LogP contribution in [0.2, 0.25) is 0 Å². The molecule has 0 aromatic heterocycles. The Hall–Kier alpha value is -1.46. The molecule has 1 atom stereocenters. The average molecular weight is 334 g/mol. The number of amides is 1. The van der Waals surface area contributed by atoms with Crippen molar-refractivity contribution in [3.63, 3.8) is 0 Å². The van der Waals surface area contributed by atoms with E-state index in [2.05, 4.69) is 5.32 Å². The number of piperidine rings is 1. The smallest absolute Gasteiger partial charge is 0.256 e. The SMILES string of the molecule is O=C1N(Cc2ccccc2F)CCC[C@]1(O)CNC1CCCCC1. The Morgan fingerprint density at radius 2 is 1.96 bits per heavy atom. The maximum absolute atomic E-state index is 13.8. The zero-order valence-corrected chi connectivity index (χ0v) is 14.1. The number of hydrogen-bond acceptors (Lipinski definition) is 3. The molecule has 132 valence electrons. The monoisotopic (exact) mass is 334 g/mol. The summed E-state index contributed by atoms with van der Waals surface area (Å²) in [7, 11) is 0. The van der Waals surface area contributed by atoms with E-state index in [9.17, 15) is 14.3 Å². The van der Waals surface area contributed by atoms with Gasteiger partial charge in [0.15, 0.2) is 5.60 Å². The van der Waals surface area contributed by atoms with Crippen LogP contribution in [0.5, 0.6) is 0 Å². The molecule has 2 aliphatic rings. The number of carbonyl (C=O) groups excluding carboxylic acids is 1. The third-order valence-corrected chi connectivity index (χ3v) is 5.31. The summed E-state index contributed by atoms with van der Waals surface area (Å²) in [5, 5.41) is 14.2. The fourth-order valence-electron chi connectivity index (χ4n) is 3.83. The molecule has 1 heterocycles. The van der Waals surface area contributed by atoms with Crippen molar-refractivity contribution < 1.29 is 14.3 Å². The highest BCUT2D eigenvalue weighted by Crippen LogP contribution is 2.25. The number of benzene rings is 1. The molecule has 5 heteroatoms. The summed E-state index contributed by atoms with van der Waals surface area (Å²) in [5.41, 5.74) is -0.864. The molecule has 0 radical (unpaired) electrons. The highest BCUT2D eigenvalue weighted by Gasteiger charge is 2.42. The Bertz CT molecular complexity index is 574. The van der Waals surface area contributed by atoms with Crippen LogP contribution in [0.1, 0.15) is 50.5 Å². The van der Waals surface area contributed by atoms with E-state index < -0.39 is 5.60 Å². The molecule has 1 aliphatic heterocycles. The first-order valence-electron chi connectivity index (χ1n) is 9.07. The van der Waals surface area contributed by atoms with Crippen LogP contribution in [-0.2, 0) is 11.3 Å². The number of rotatable bonds is 5. The number of nitrogens with one attached hydrogen (secondary N) is 1. The quantitative estimate of drug-likeness (QED) is 0.870. The molecule has 0 bridgehead atoms. The van der Waals surface area contributed by atoms with Crippen LogP contribution < -0.4 is 5.32 Å². The minimum Gasteiger partial charge on any atom is -0.379 e. The van der Waals surface area contributed by atoms with Gasteiger partial charge in [-0.1, -0.05) is 37.5 Å². The van der Waals surface area contributed by atoms with E-state index in [0.717, 1.165) is 19.3 Å². The van der Waals surface area contributed by atoms with Gasteiger partial charge in [-0.2, -0.15) is 0 Å². The van der Waals surface area contributed by atoms with E-state index in [4.69, 9.17) is 0 Å². The molecule has 1 amide bonds. The summed E-state index contributed by atoms with van der Waals surface area (Å²) in [5.74, 6) is -0.583. The predicted molar refractivity (Wildman–Crippen MR) is 90.9 cm³/mol. The molecule has 4 nitrogen and oxygen atoms in total. The van der Waals surface area contributed by atoms with Gasteiger partial charge in [0, 0.05) is 31.2 Å². The second-order valence-electron chi connectivity index (χ2n) is 7.17. The summed E-state index contributed by atoms with van der Waals surface area (Å²) in [6, 6.07) is 6.90. The van der Waals surface area contributed by atoms with Gasteiger partial charge in [0.1, 0.15) is 5.82 Å². The Balaban J connectivity index is 1.61. The lowest BCUT2D eigenvalue weighted by Gasteiger charge is -2.39. The van der Waals surface area contributed by atoms with Crippen molar-refractivity contribution in [1.82, 2.24) is 10.2 Å². The zero-order chi connectivity index (χ0) is 17.0. The van der Waals surface area contributed by atoms with Crippen LogP contribution in [0, 0.1) is 5.82 Å². The first-order valence-corrected chi connectivity index (χ1v) is 9.07. The fourth-order valence-corrected chi connectivity index (χ4v) is 3.83. The average Bonchev–Trinajstić information content (AvgIpc) is 2.60. The molecule has 2 fully saturated rings. The van der Waals surface area contributed by atoms with Crippen LogP contribution in [0.25, 0.3) is 0 Å². The second-order valence-corrected chi connectivity index (χ2v) is 7.17. The third kappa shape index (κ3) is 3.95. The summed E-state index contributed by atoms with van der Waals surface area (Å²) in [4.78, 5) is 14.3. The molecule has 1 aliphatic carbocycles. The van der Waals surface area contributed by atoms with Crippen molar-refractivity contribution in [1.29, 1.82) is 0 Å². The van der Waals surface area contributed by atoms with Crippen molar-refractivity contribution in [2.75, 3.05) is 13.1 Å². The van der Waals surface area contributed by atoms with Crippen molar-refractivity contribution in [3.8, 4) is 0 Å². The van der Waals surface area contributed by atoms with Crippen molar-refractivity contribution in [2.24, 2.45) is 0 Å². The number of aliphatic hydroxyl groups is 1. The van der Waals surface area contributed by atoms with E-state index in [1.165, 1.54) is 25.3 Å². The Morgan fingerprint density at radius 3 is 2.71 bits per heavy atom. The van der Waals surface area contributed by atoms with E-state index in [0.29, 0.717) is 31.1 Å². The lowest BCUT2D eigenvalue weighted by molar-refractivity contribution is -0.157. The maximum Gasteiger partial charge on any atom is 0.256 e. The van der Waals surface area contributed by atoms with Crippen LogP contribution in [-0.4, -0.2) is 40.6 Å². The summed E-state index contributed by atoms with van der Waals surface area (Å²) >= 11 is 0. The second kappa shape index (κ2) is 7.62. The van der Waals surface area contributed by atoms with Gasteiger partial charge in [-0.25, -0.2) is 4.39 Å². The number of nitrogens with zero attached hydrogens (tertiary/aromatic N) is 1. The highest BCUT2D eigenvalue weighted by molar-refractivity contribution is 5.86. The number of halogens is 1. The molecular formula is C19H27FN2O2. The Kier molecular flexibility index (Phi) is 5.51. The van der Waals surface area contributed by atoms with Gasteiger partial charge in [-0.05, 0) is 31.7 Å². The van der Waals surface area contributed by atoms with Crippen molar-refractivity contribution in [3.05, 3.63) is 35.6 Å². The normalized spacial score (nSPS) is 25.9. The third-order valence-electron chi connectivity index (χ3n) is 5.31. The van der Waals surface area contributed by atoms with E-state index in [-0.39, 0.29) is 18.3 Å². The van der Waals surface area contributed by atoms with E-state index >= 15 is 0 Å². The lowest BCUT2D eigenvalue weighted by atomic mass is 9.89. The van der Waals surface area contributed by atoms with Crippen molar-refractivity contribution >= 4 is 5.91 Å². The van der Waals surface area contributed by atoms with Gasteiger partial charge in [0.2, 0.25) is 0 Å². The summed E-state index contributed by atoms with van der Waals surface area (Å²) < 4.78 is 13.8. The first kappa shape index (κ1) is 17.4. The Morgan fingerprint density at radius 1 is 1.21 bits per heavy atom. The molecule has 3 rings (SSSR count). The molecular weight excluding hydrogens is 307 g/mol. The van der Waals surface area contributed by atoms with Gasteiger partial charge in [0.25, 0.3) is 5.91 Å². The topological polar surface area (TPSA) is 52.6 Å². The minimum atomic E-state index is -1.36. The largest absolute Gasteiger partial charge is 0.379 e. The number of carbonyl (C=O) groups is 1. The fraction of sp³-hybridized carbons (Fsp3) is 0.632. The molecule has 2 N–H and O–H groups in total. The summed E-state index contributed by atoms with van der Waals surface area (Å²) in [6.07, 6.45) is 7.14. The molecule has 24 heavy (non-hydrogen) atoms. The molecule has 1 aromatic carbocycles. The van der Waals surface area contributed by atoms with Crippen LogP contribution in [0.4, 0.5) is 4.39 Å². The number of likely N-dealkylation sites (tertiary alicyclic amines) is 1. The maximum atomic E-state index is 13.8. The number of hydrogen-bond donors (Lipinski definition) is 2. The van der Waals surface area contributed by atoms with Crippen LogP contribution in [0.3, 0.4) is 0 Å². The lowest BCUT2D eigenvalue weighted by Crippen LogP contribution is -2.58. The summed E-state index contributed by atoms with van der Waals surface area (Å²) in [6.45, 7) is 1.08. The molecule has 1 aromatic rings. The van der Waals surface area contributed by atoms with E-state index in [1.807, 2.05) is 0 Å². The van der Waals surface area contributed by atoms with Crippen molar-refractivity contribution in [2.45, 2.75) is 63.1 Å². The Labute approximate surface area is 143 Å². The van der Waals surface area contributed by atoms with Crippen LogP contribution >= 0.6 is 0 Å². The first-order chi connectivity index (χ1) is 11.6. The van der Waals surface area contributed by atoms with Gasteiger partial charge in [-0.3, -0.25) is 4.79 Å². The van der Waals surface area contributed by atoms with Gasteiger partial charge in [-0.15, -0.1) is 0 Å². The predicted octanol–water partition coefficient (Wildman–Crippen LogP) is 2.60. The van der Waals surface area contributed by atoms with E-state index in [1.54, 1.807) is 23.1 Å². The molecule has 0 spiro atoms. The van der Waals surface area contributed by atoms with Gasteiger partial charge < -0.3 is 15.3 Å². The molecule has 0 unspecified atom stereocenters. The molecule has 1 saturated carbocycles. The highest BCUT2D eigenvalue weighted by atomic mass is 19.1. The van der Waals surface area contributed by atoms with Crippen LogP contribution in [0.15, 0.2) is 24.3 Å². The zero-order valence-electron chi connectivity index (χ0n) is 14.1. The molecule has 1 saturated heterocycles. The minimum absolute atomic E-state index is 0.219. The van der Waals surface area contributed by atoms with Gasteiger partial charge in [0.05, 0.1) is 0 Å². The van der Waals surface area contributed by atoms with Gasteiger partial charge >= 0.3 is 0 Å².